The Morgan fingerprint density at radius 2 is 1.97 bits per heavy atom. The van der Waals surface area contributed by atoms with Gasteiger partial charge in [-0.1, -0.05) is 11.6 Å². The van der Waals surface area contributed by atoms with Crippen molar-refractivity contribution in [2.45, 2.75) is 50.8 Å². The van der Waals surface area contributed by atoms with Gasteiger partial charge in [-0.25, -0.2) is 18.6 Å². The highest BCUT2D eigenvalue weighted by Crippen LogP contribution is 2.40. The third kappa shape index (κ3) is 5.63. The van der Waals surface area contributed by atoms with Crippen LogP contribution in [0.3, 0.4) is 0 Å². The molecule has 4 rings (SSSR count). The molecule has 2 aliphatic heterocycles. The van der Waals surface area contributed by atoms with Crippen LogP contribution < -0.4 is 10.5 Å². The molecule has 0 bridgehead atoms. The molecule has 3 N–H and O–H groups in total. The molecule has 1 aromatic carbocycles. The first-order chi connectivity index (χ1) is 17.9. The quantitative estimate of drug-likeness (QED) is 0.291. The van der Waals surface area contributed by atoms with Gasteiger partial charge >= 0.3 is 5.97 Å². The Morgan fingerprint density at radius 3 is 2.68 bits per heavy atom. The van der Waals surface area contributed by atoms with Gasteiger partial charge in [-0.2, -0.15) is 0 Å². The number of carbonyl (C=O) groups is 3. The highest BCUT2D eigenvalue weighted by molar-refractivity contribution is 6.31. The van der Waals surface area contributed by atoms with Crippen LogP contribution in [0.2, 0.25) is 5.02 Å². The maximum absolute atomic E-state index is 14.7. The van der Waals surface area contributed by atoms with Crippen molar-refractivity contribution in [1.29, 1.82) is 0 Å². The van der Waals surface area contributed by atoms with E-state index in [9.17, 15) is 28.3 Å². The van der Waals surface area contributed by atoms with Crippen LogP contribution in [0, 0.1) is 11.6 Å². The van der Waals surface area contributed by atoms with Crippen LogP contribution in [0.1, 0.15) is 49.0 Å². The van der Waals surface area contributed by atoms with Crippen molar-refractivity contribution < 1.29 is 37.7 Å². The molecule has 0 spiro atoms. The monoisotopic (exact) mass is 549 g/mol. The van der Waals surface area contributed by atoms with Gasteiger partial charge in [-0.3, -0.25) is 9.59 Å². The molecule has 1 amide bonds. The van der Waals surface area contributed by atoms with Gasteiger partial charge in [0, 0.05) is 29.6 Å². The lowest BCUT2D eigenvalue weighted by Crippen LogP contribution is -2.47. The number of benzene rings is 1. The minimum absolute atomic E-state index is 0.0624. The molecule has 12 heteroatoms. The molecule has 2 atom stereocenters. The van der Waals surface area contributed by atoms with Gasteiger partial charge in [0.25, 0.3) is 5.88 Å². The second-order valence-electron chi connectivity index (χ2n) is 9.80. The van der Waals surface area contributed by atoms with E-state index in [0.717, 1.165) is 12.3 Å². The lowest BCUT2D eigenvalue weighted by Gasteiger charge is -2.33. The molecule has 1 fully saturated rings. The molecular weight excluding hydrogens is 524 g/mol. The standard InChI is InChI=1S/C26H26ClF2N3O6/c1-26(2,36)12-38-24-22(28)15(7-8-31-24)19(33)11-37-25(35)18-6-3-14-9-13(10-20(34)32(14)18)21-17(30)5-4-16(27)23(21)29/h4-5,7-8,10,14,18,36H,3,6,9,11-12,30H2,1-2H3/t14?,18-/m0/s1. The number of nitrogens with two attached hydrogens (primary N) is 1. The molecule has 1 saturated heterocycles. The zero-order valence-corrected chi connectivity index (χ0v) is 21.4. The van der Waals surface area contributed by atoms with Gasteiger partial charge < -0.3 is 25.2 Å². The number of rotatable bonds is 8. The van der Waals surface area contributed by atoms with E-state index in [0.29, 0.717) is 12.0 Å². The third-order valence-electron chi connectivity index (χ3n) is 6.30. The SMILES string of the molecule is CC(C)(O)COc1nccc(C(=O)COC(=O)[C@@H]2CCC3CC(c4c(N)ccc(Cl)c4F)=CC(=O)N32)c1F. The van der Waals surface area contributed by atoms with E-state index < -0.39 is 65.0 Å². The van der Waals surface area contributed by atoms with Crippen LogP contribution in [0.5, 0.6) is 5.88 Å². The van der Waals surface area contributed by atoms with Crippen LogP contribution in [0.25, 0.3) is 5.57 Å². The Labute approximate surface area is 222 Å². The number of fused-ring (bicyclic) bond motifs is 1. The van der Waals surface area contributed by atoms with Crippen molar-refractivity contribution in [1.82, 2.24) is 9.88 Å². The van der Waals surface area contributed by atoms with Gasteiger partial charge in [0.1, 0.15) is 12.6 Å². The first-order valence-corrected chi connectivity index (χ1v) is 12.2. The number of hydrogen-bond donors (Lipinski definition) is 2. The van der Waals surface area contributed by atoms with E-state index in [1.54, 1.807) is 0 Å². The highest BCUT2D eigenvalue weighted by atomic mass is 35.5. The first kappa shape index (κ1) is 27.5. The van der Waals surface area contributed by atoms with Crippen molar-refractivity contribution in [3.63, 3.8) is 0 Å². The average Bonchev–Trinajstić information content (AvgIpc) is 3.28. The number of Topliss-reactive ketones (excluding diaryl/α,β-unsaturated/α-hetero) is 1. The third-order valence-corrected chi connectivity index (χ3v) is 6.59. The van der Waals surface area contributed by atoms with E-state index >= 15 is 0 Å². The maximum Gasteiger partial charge on any atom is 0.329 e. The minimum atomic E-state index is -1.25. The van der Waals surface area contributed by atoms with Crippen molar-refractivity contribution in [3.8, 4) is 5.88 Å². The molecule has 202 valence electrons. The molecule has 1 aromatic heterocycles. The zero-order valence-electron chi connectivity index (χ0n) is 20.7. The predicted octanol–water partition coefficient (Wildman–Crippen LogP) is 3.32. The number of nitrogen functional groups attached to an aromatic ring is 1. The molecule has 2 aliphatic rings. The summed E-state index contributed by atoms with van der Waals surface area (Å²) in [5, 5.41) is 9.63. The van der Waals surface area contributed by atoms with Crippen LogP contribution in [-0.2, 0) is 14.3 Å². The van der Waals surface area contributed by atoms with E-state index in [4.69, 9.17) is 26.8 Å². The van der Waals surface area contributed by atoms with Crippen LogP contribution >= 0.6 is 11.6 Å². The molecular formula is C26H26ClF2N3O6. The summed E-state index contributed by atoms with van der Waals surface area (Å²) in [5.74, 6) is -4.40. The number of carbonyl (C=O) groups excluding carboxylic acids is 3. The van der Waals surface area contributed by atoms with Gasteiger partial charge in [0.15, 0.2) is 18.2 Å². The number of nitrogens with zero attached hydrogens (tertiary/aromatic N) is 2. The normalized spacial score (nSPS) is 19.2. The van der Waals surface area contributed by atoms with E-state index in [1.807, 2.05) is 0 Å². The van der Waals surface area contributed by atoms with Crippen molar-refractivity contribution in [3.05, 3.63) is 58.3 Å². The summed E-state index contributed by atoms with van der Waals surface area (Å²) in [6, 6.07) is 2.56. The number of hydrogen-bond acceptors (Lipinski definition) is 8. The molecule has 3 heterocycles. The number of anilines is 1. The van der Waals surface area contributed by atoms with Gasteiger partial charge in [-0.05, 0) is 56.9 Å². The zero-order chi connectivity index (χ0) is 27.8. The van der Waals surface area contributed by atoms with Crippen LogP contribution in [-0.4, -0.2) is 63.5 Å². The summed E-state index contributed by atoms with van der Waals surface area (Å²) in [6.07, 6.45) is 3.35. The number of amides is 1. The lowest BCUT2D eigenvalue weighted by molar-refractivity contribution is -0.152. The smallest absolute Gasteiger partial charge is 0.329 e. The number of aliphatic hydroxyl groups is 1. The van der Waals surface area contributed by atoms with Crippen LogP contribution in [0.4, 0.5) is 14.5 Å². The van der Waals surface area contributed by atoms with E-state index in [2.05, 4.69) is 4.98 Å². The summed E-state index contributed by atoms with van der Waals surface area (Å²) in [4.78, 5) is 43.4. The summed E-state index contributed by atoms with van der Waals surface area (Å²) in [6.45, 7) is 1.89. The molecule has 38 heavy (non-hydrogen) atoms. The molecule has 0 saturated carbocycles. The molecule has 0 aliphatic carbocycles. The largest absolute Gasteiger partial charge is 0.473 e. The predicted molar refractivity (Wildman–Crippen MR) is 133 cm³/mol. The Kier molecular flexibility index (Phi) is 7.70. The van der Waals surface area contributed by atoms with Gasteiger partial charge in [0.05, 0.1) is 16.2 Å². The Balaban J connectivity index is 1.43. The van der Waals surface area contributed by atoms with E-state index in [1.165, 1.54) is 37.0 Å². The number of esters is 1. The number of ketones is 1. The number of aromatic nitrogens is 1. The molecule has 0 radical (unpaired) electrons. The first-order valence-electron chi connectivity index (χ1n) is 11.8. The lowest BCUT2D eigenvalue weighted by atomic mass is 9.92. The summed E-state index contributed by atoms with van der Waals surface area (Å²) < 4.78 is 39.7. The topological polar surface area (TPSA) is 132 Å². The maximum atomic E-state index is 14.7. The Morgan fingerprint density at radius 1 is 1.24 bits per heavy atom. The number of pyridine rings is 1. The fraction of sp³-hybridized carbons (Fsp3) is 0.385. The van der Waals surface area contributed by atoms with Gasteiger partial charge in [0.2, 0.25) is 11.7 Å². The van der Waals surface area contributed by atoms with Gasteiger partial charge in [-0.15, -0.1) is 0 Å². The number of halogens is 3. The summed E-state index contributed by atoms with van der Waals surface area (Å²) in [5.41, 5.74) is 4.87. The van der Waals surface area contributed by atoms with Crippen molar-refractivity contribution in [2.24, 2.45) is 0 Å². The fourth-order valence-electron chi connectivity index (χ4n) is 4.55. The molecule has 9 nitrogen and oxygen atoms in total. The summed E-state index contributed by atoms with van der Waals surface area (Å²) in [7, 11) is 0. The number of ether oxygens (including phenoxy) is 2. The van der Waals surface area contributed by atoms with E-state index in [-0.39, 0.29) is 35.7 Å². The Hall–Kier alpha value is -3.57. The fourth-order valence-corrected chi connectivity index (χ4v) is 4.70. The average molecular weight is 550 g/mol. The van der Waals surface area contributed by atoms with Crippen molar-refractivity contribution in [2.75, 3.05) is 18.9 Å². The highest BCUT2D eigenvalue weighted by Gasteiger charge is 2.44. The van der Waals surface area contributed by atoms with Crippen LogP contribution in [0.15, 0.2) is 30.5 Å². The second kappa shape index (κ2) is 10.7. The van der Waals surface area contributed by atoms with Crippen molar-refractivity contribution >= 4 is 40.5 Å². The molecule has 2 aromatic rings. The minimum Gasteiger partial charge on any atom is -0.473 e. The Bertz CT molecular complexity index is 1330. The molecule has 1 unspecified atom stereocenters. The summed E-state index contributed by atoms with van der Waals surface area (Å²) >= 11 is 5.89. The second-order valence-corrected chi connectivity index (χ2v) is 10.2.